The van der Waals surface area contributed by atoms with Crippen LogP contribution >= 0.6 is 0 Å². The van der Waals surface area contributed by atoms with Crippen LogP contribution in [0.15, 0.2) is 59.0 Å². The highest BCUT2D eigenvalue weighted by atomic mass is 16.2. The second-order valence-electron chi connectivity index (χ2n) is 6.01. The van der Waals surface area contributed by atoms with Gasteiger partial charge in [-0.1, -0.05) is 25.0 Å². The molecule has 8 nitrogen and oxygen atoms in total. The molecule has 0 fully saturated rings. The third kappa shape index (κ3) is 9.33. The van der Waals surface area contributed by atoms with Crippen molar-refractivity contribution in [2.24, 2.45) is 10.2 Å². The minimum Gasteiger partial charge on any atom is -0.273 e. The zero-order valence-electron chi connectivity index (χ0n) is 15.6. The van der Waals surface area contributed by atoms with Gasteiger partial charge in [0.15, 0.2) is 0 Å². The first kappa shape index (κ1) is 20.9. The topological polar surface area (TPSA) is 109 Å². The van der Waals surface area contributed by atoms with E-state index in [4.69, 9.17) is 0 Å². The van der Waals surface area contributed by atoms with Crippen molar-refractivity contribution < 1.29 is 9.59 Å². The van der Waals surface area contributed by atoms with Crippen LogP contribution in [0.25, 0.3) is 0 Å². The van der Waals surface area contributed by atoms with Crippen LogP contribution in [-0.2, 0) is 9.59 Å². The first-order valence-corrected chi connectivity index (χ1v) is 9.20. The van der Waals surface area contributed by atoms with E-state index in [9.17, 15) is 9.59 Å². The maximum absolute atomic E-state index is 11.7. The molecule has 0 aliphatic rings. The van der Waals surface area contributed by atoms with Gasteiger partial charge in [-0.25, -0.2) is 10.9 Å². The molecule has 2 aromatic rings. The fourth-order valence-corrected chi connectivity index (χ4v) is 2.28. The molecular weight excluding hydrogens is 356 g/mol. The van der Waals surface area contributed by atoms with Crippen molar-refractivity contribution in [1.29, 1.82) is 0 Å². The van der Waals surface area contributed by atoms with Gasteiger partial charge in [0.2, 0.25) is 11.8 Å². The summed E-state index contributed by atoms with van der Waals surface area (Å²) >= 11 is 0. The molecular formula is C20H24N6O2. The van der Waals surface area contributed by atoms with Crippen molar-refractivity contribution in [1.82, 2.24) is 20.8 Å². The number of carbonyl (C=O) groups excluding carboxylic acids is 2. The Kier molecular flexibility index (Phi) is 9.59. The minimum absolute atomic E-state index is 0.131. The smallest absolute Gasteiger partial charge is 0.240 e. The van der Waals surface area contributed by atoms with Crippen LogP contribution in [-0.4, -0.2) is 34.2 Å². The Labute approximate surface area is 164 Å². The van der Waals surface area contributed by atoms with Gasteiger partial charge in [-0.2, -0.15) is 10.2 Å². The number of aromatic nitrogens is 2. The molecule has 0 unspecified atom stereocenters. The lowest BCUT2D eigenvalue weighted by Crippen LogP contribution is -2.17. The fourth-order valence-electron chi connectivity index (χ4n) is 2.28. The van der Waals surface area contributed by atoms with Crippen LogP contribution in [0.3, 0.4) is 0 Å². The normalized spacial score (nSPS) is 11.0. The van der Waals surface area contributed by atoms with Crippen molar-refractivity contribution in [2.45, 2.75) is 38.5 Å². The van der Waals surface area contributed by atoms with Crippen LogP contribution in [0.2, 0.25) is 0 Å². The maximum Gasteiger partial charge on any atom is 0.240 e. The molecule has 2 rings (SSSR count). The Balaban J connectivity index is 1.47. The molecule has 0 aromatic carbocycles. The van der Waals surface area contributed by atoms with E-state index in [-0.39, 0.29) is 11.8 Å². The predicted molar refractivity (Wildman–Crippen MR) is 108 cm³/mol. The van der Waals surface area contributed by atoms with Crippen LogP contribution in [0.4, 0.5) is 0 Å². The lowest BCUT2D eigenvalue weighted by atomic mass is 10.1. The Bertz CT molecular complexity index is 710. The summed E-state index contributed by atoms with van der Waals surface area (Å²) in [4.78, 5) is 31.5. The third-order valence-corrected chi connectivity index (χ3v) is 3.71. The quantitative estimate of drug-likeness (QED) is 0.354. The first-order chi connectivity index (χ1) is 13.7. The third-order valence-electron chi connectivity index (χ3n) is 3.71. The Morgan fingerprint density at radius 1 is 0.750 bits per heavy atom. The van der Waals surface area contributed by atoms with E-state index in [0.29, 0.717) is 24.2 Å². The molecule has 146 valence electrons. The van der Waals surface area contributed by atoms with Crippen LogP contribution in [0.5, 0.6) is 0 Å². The zero-order chi connectivity index (χ0) is 19.9. The molecule has 2 heterocycles. The summed E-state index contributed by atoms with van der Waals surface area (Å²) in [5.41, 5.74) is 6.34. The second-order valence-corrected chi connectivity index (χ2v) is 6.01. The molecule has 0 spiro atoms. The van der Waals surface area contributed by atoms with Crippen molar-refractivity contribution in [3.63, 3.8) is 0 Å². The van der Waals surface area contributed by atoms with E-state index in [0.717, 1.165) is 25.7 Å². The number of hydrazone groups is 2. The van der Waals surface area contributed by atoms with Gasteiger partial charge in [0.05, 0.1) is 23.8 Å². The molecule has 0 saturated heterocycles. The van der Waals surface area contributed by atoms with E-state index in [1.54, 1.807) is 24.5 Å². The number of carbonyl (C=O) groups is 2. The fraction of sp³-hybridized carbons (Fsp3) is 0.300. The zero-order valence-corrected chi connectivity index (χ0v) is 15.6. The van der Waals surface area contributed by atoms with E-state index < -0.39 is 0 Å². The van der Waals surface area contributed by atoms with Crippen LogP contribution in [0, 0.1) is 0 Å². The van der Waals surface area contributed by atoms with E-state index >= 15 is 0 Å². The van der Waals surface area contributed by atoms with E-state index in [2.05, 4.69) is 31.0 Å². The van der Waals surface area contributed by atoms with Gasteiger partial charge < -0.3 is 0 Å². The van der Waals surface area contributed by atoms with Crippen molar-refractivity contribution >= 4 is 24.2 Å². The molecule has 0 radical (unpaired) electrons. The summed E-state index contributed by atoms with van der Waals surface area (Å²) < 4.78 is 0. The second kappa shape index (κ2) is 12.9. The molecule has 8 heteroatoms. The SMILES string of the molecule is O=C(CCCCCCC(=O)NN=Cc1ccccn1)NN=Cc1ccccn1. The van der Waals surface area contributed by atoms with Crippen molar-refractivity contribution in [3.8, 4) is 0 Å². The summed E-state index contributed by atoms with van der Waals surface area (Å²) in [5.74, 6) is -0.262. The Morgan fingerprint density at radius 3 is 1.61 bits per heavy atom. The monoisotopic (exact) mass is 380 g/mol. The molecule has 0 aliphatic heterocycles. The summed E-state index contributed by atoms with van der Waals surface area (Å²) in [7, 11) is 0. The summed E-state index contributed by atoms with van der Waals surface area (Å²) in [6, 6.07) is 10.9. The lowest BCUT2D eigenvalue weighted by Gasteiger charge is -2.01. The first-order valence-electron chi connectivity index (χ1n) is 9.20. The molecule has 2 N–H and O–H groups in total. The highest BCUT2D eigenvalue weighted by Crippen LogP contribution is 2.05. The van der Waals surface area contributed by atoms with Crippen molar-refractivity contribution in [2.75, 3.05) is 0 Å². The van der Waals surface area contributed by atoms with Gasteiger partial charge >= 0.3 is 0 Å². The van der Waals surface area contributed by atoms with Gasteiger partial charge in [-0.3, -0.25) is 19.6 Å². The number of hydrogen-bond donors (Lipinski definition) is 2. The lowest BCUT2D eigenvalue weighted by molar-refractivity contribution is -0.122. The molecule has 2 aromatic heterocycles. The van der Waals surface area contributed by atoms with Crippen LogP contribution in [0.1, 0.15) is 49.9 Å². The highest BCUT2D eigenvalue weighted by molar-refractivity contribution is 5.81. The number of pyridine rings is 2. The molecule has 0 bridgehead atoms. The van der Waals surface area contributed by atoms with E-state index in [1.807, 2.05) is 24.3 Å². The molecule has 28 heavy (non-hydrogen) atoms. The summed E-state index contributed by atoms with van der Waals surface area (Å²) in [6.07, 6.45) is 10.4. The molecule has 0 atom stereocenters. The maximum atomic E-state index is 11.7. The van der Waals surface area contributed by atoms with Gasteiger partial charge in [-0.15, -0.1) is 0 Å². The highest BCUT2D eigenvalue weighted by Gasteiger charge is 2.02. The van der Waals surface area contributed by atoms with Gasteiger partial charge in [0, 0.05) is 25.2 Å². The van der Waals surface area contributed by atoms with Gasteiger partial charge in [-0.05, 0) is 37.1 Å². The average molecular weight is 380 g/mol. The van der Waals surface area contributed by atoms with Crippen molar-refractivity contribution in [3.05, 3.63) is 60.2 Å². The predicted octanol–water partition coefficient (Wildman–Crippen LogP) is 2.42. The van der Waals surface area contributed by atoms with Gasteiger partial charge in [0.25, 0.3) is 0 Å². The number of unbranched alkanes of at least 4 members (excludes halogenated alkanes) is 3. The number of rotatable bonds is 11. The molecule has 2 amide bonds. The minimum atomic E-state index is -0.131. The average Bonchev–Trinajstić information content (AvgIpc) is 2.72. The van der Waals surface area contributed by atoms with Crippen LogP contribution < -0.4 is 10.9 Å². The Morgan fingerprint density at radius 2 is 1.21 bits per heavy atom. The molecule has 0 saturated carbocycles. The summed E-state index contributed by atoms with van der Waals surface area (Å²) in [6.45, 7) is 0. The number of nitrogens with one attached hydrogen (secondary N) is 2. The largest absolute Gasteiger partial charge is 0.273 e. The number of nitrogens with zero attached hydrogens (tertiary/aromatic N) is 4. The number of amides is 2. The Hall–Kier alpha value is -3.42. The summed E-state index contributed by atoms with van der Waals surface area (Å²) in [5, 5.41) is 7.74. The number of hydrogen-bond acceptors (Lipinski definition) is 6. The van der Waals surface area contributed by atoms with Gasteiger partial charge in [0.1, 0.15) is 0 Å². The van der Waals surface area contributed by atoms with E-state index in [1.165, 1.54) is 12.4 Å². The molecule has 0 aliphatic carbocycles. The standard InChI is InChI=1S/C20H24N6O2/c27-19(25-23-15-17-9-5-7-13-21-17)11-3-1-2-4-12-20(28)26-24-16-18-10-6-8-14-22-18/h5-10,13-16H,1-4,11-12H2,(H,25,27)(H,26,28).